The van der Waals surface area contributed by atoms with E-state index in [9.17, 15) is 4.79 Å². The number of anilines is 2. The highest BCUT2D eigenvalue weighted by molar-refractivity contribution is 6.33. The Balaban J connectivity index is 2.47. The van der Waals surface area contributed by atoms with Crippen molar-refractivity contribution in [1.82, 2.24) is 5.32 Å². The van der Waals surface area contributed by atoms with Gasteiger partial charge >= 0.3 is 0 Å². The molecule has 0 aliphatic carbocycles. The third-order valence-electron chi connectivity index (χ3n) is 1.94. The topological polar surface area (TPSA) is 67.2 Å². The highest BCUT2D eigenvalue weighted by Gasteiger charge is 2.01. The molecule has 82 valence electrons. The number of rotatable bonds is 4. The standard InChI is InChI=1S/C10H14ClN3O/c1-13-10(15)4-5-14-9-3-2-7(12)6-8(9)11/h2-3,6,14H,4-5,12H2,1H3,(H,13,15). The van der Waals surface area contributed by atoms with Gasteiger partial charge in [0.25, 0.3) is 0 Å². The third-order valence-corrected chi connectivity index (χ3v) is 2.25. The molecule has 15 heavy (non-hydrogen) atoms. The van der Waals surface area contributed by atoms with Crippen LogP contribution in [-0.4, -0.2) is 19.5 Å². The molecule has 5 heteroatoms. The number of benzene rings is 1. The Morgan fingerprint density at radius 1 is 1.53 bits per heavy atom. The molecule has 0 radical (unpaired) electrons. The molecular formula is C10H14ClN3O. The van der Waals surface area contributed by atoms with Gasteiger partial charge in [-0.3, -0.25) is 4.79 Å². The molecule has 0 unspecified atom stereocenters. The van der Waals surface area contributed by atoms with Gasteiger partial charge in [0.05, 0.1) is 10.7 Å². The van der Waals surface area contributed by atoms with Crippen LogP contribution in [-0.2, 0) is 4.79 Å². The van der Waals surface area contributed by atoms with Crippen LogP contribution in [0.5, 0.6) is 0 Å². The van der Waals surface area contributed by atoms with E-state index in [0.29, 0.717) is 23.7 Å². The van der Waals surface area contributed by atoms with Crippen molar-refractivity contribution in [2.45, 2.75) is 6.42 Å². The first kappa shape index (κ1) is 11.7. The molecule has 4 nitrogen and oxygen atoms in total. The largest absolute Gasteiger partial charge is 0.399 e. The van der Waals surface area contributed by atoms with Gasteiger partial charge in [-0.05, 0) is 18.2 Å². The van der Waals surface area contributed by atoms with Gasteiger partial charge in [-0.2, -0.15) is 0 Å². The summed E-state index contributed by atoms with van der Waals surface area (Å²) in [7, 11) is 1.61. The number of nitrogens with one attached hydrogen (secondary N) is 2. The summed E-state index contributed by atoms with van der Waals surface area (Å²) in [6.45, 7) is 0.545. The van der Waals surface area contributed by atoms with Crippen LogP contribution in [0.2, 0.25) is 5.02 Å². The van der Waals surface area contributed by atoms with Crippen LogP contribution in [0.1, 0.15) is 6.42 Å². The van der Waals surface area contributed by atoms with Crippen molar-refractivity contribution < 1.29 is 4.79 Å². The minimum atomic E-state index is -0.00549. The lowest BCUT2D eigenvalue weighted by Gasteiger charge is -2.08. The number of halogens is 1. The van der Waals surface area contributed by atoms with Crippen molar-refractivity contribution in [2.75, 3.05) is 24.6 Å². The van der Waals surface area contributed by atoms with Gasteiger partial charge in [0.15, 0.2) is 0 Å². The lowest BCUT2D eigenvalue weighted by Crippen LogP contribution is -2.20. The number of hydrogen-bond acceptors (Lipinski definition) is 3. The zero-order valence-electron chi connectivity index (χ0n) is 8.51. The molecule has 0 saturated carbocycles. The predicted octanol–water partition coefficient (Wildman–Crippen LogP) is 1.47. The molecule has 0 aliphatic heterocycles. The fraction of sp³-hybridized carbons (Fsp3) is 0.300. The molecule has 0 aliphatic rings. The van der Waals surface area contributed by atoms with Gasteiger partial charge in [0, 0.05) is 25.7 Å². The van der Waals surface area contributed by atoms with E-state index in [1.54, 1.807) is 25.2 Å². The fourth-order valence-electron chi connectivity index (χ4n) is 1.11. The Bertz CT molecular complexity index is 355. The molecule has 4 N–H and O–H groups in total. The maximum absolute atomic E-state index is 10.9. The summed E-state index contributed by atoms with van der Waals surface area (Å²) in [6.07, 6.45) is 0.414. The van der Waals surface area contributed by atoms with E-state index in [-0.39, 0.29) is 5.91 Å². The molecule has 0 saturated heterocycles. The SMILES string of the molecule is CNC(=O)CCNc1ccc(N)cc1Cl. The molecule has 0 heterocycles. The maximum Gasteiger partial charge on any atom is 0.221 e. The number of carbonyl (C=O) groups excluding carboxylic acids is 1. The van der Waals surface area contributed by atoms with Crippen molar-refractivity contribution in [2.24, 2.45) is 0 Å². The third kappa shape index (κ3) is 3.67. The van der Waals surface area contributed by atoms with Crippen LogP contribution in [0.15, 0.2) is 18.2 Å². The van der Waals surface area contributed by atoms with Gasteiger partial charge in [-0.1, -0.05) is 11.6 Å². The summed E-state index contributed by atoms with van der Waals surface area (Å²) < 4.78 is 0. The zero-order valence-corrected chi connectivity index (χ0v) is 9.27. The Labute approximate surface area is 93.8 Å². The zero-order chi connectivity index (χ0) is 11.3. The predicted molar refractivity (Wildman–Crippen MR) is 63.0 cm³/mol. The second kappa shape index (κ2) is 5.46. The average Bonchev–Trinajstić information content (AvgIpc) is 2.21. The maximum atomic E-state index is 10.9. The number of hydrogen-bond donors (Lipinski definition) is 3. The minimum Gasteiger partial charge on any atom is -0.399 e. The molecule has 1 aromatic rings. The summed E-state index contributed by atoms with van der Waals surface area (Å²) in [6, 6.07) is 5.22. The molecule has 1 aromatic carbocycles. The van der Waals surface area contributed by atoms with Crippen LogP contribution in [0.4, 0.5) is 11.4 Å². The first-order valence-electron chi connectivity index (χ1n) is 4.63. The van der Waals surface area contributed by atoms with Crippen LogP contribution in [0, 0.1) is 0 Å². The van der Waals surface area contributed by atoms with Crippen LogP contribution >= 0.6 is 11.6 Å². The van der Waals surface area contributed by atoms with Crippen LogP contribution < -0.4 is 16.4 Å². The monoisotopic (exact) mass is 227 g/mol. The fourth-order valence-corrected chi connectivity index (χ4v) is 1.37. The van der Waals surface area contributed by atoms with E-state index in [0.717, 1.165) is 5.69 Å². The Morgan fingerprint density at radius 2 is 2.27 bits per heavy atom. The number of amides is 1. The lowest BCUT2D eigenvalue weighted by molar-refractivity contribution is -0.120. The van der Waals surface area contributed by atoms with E-state index in [1.165, 1.54) is 0 Å². The Hall–Kier alpha value is -1.42. The highest BCUT2D eigenvalue weighted by Crippen LogP contribution is 2.23. The molecule has 0 aromatic heterocycles. The lowest BCUT2D eigenvalue weighted by atomic mass is 10.2. The number of carbonyl (C=O) groups is 1. The summed E-state index contributed by atoms with van der Waals surface area (Å²) in [5.74, 6) is -0.00549. The highest BCUT2D eigenvalue weighted by atomic mass is 35.5. The Morgan fingerprint density at radius 3 is 2.87 bits per heavy atom. The molecule has 0 bridgehead atoms. The van der Waals surface area contributed by atoms with Crippen LogP contribution in [0.3, 0.4) is 0 Å². The van der Waals surface area contributed by atoms with Gasteiger partial charge in [-0.25, -0.2) is 0 Å². The van der Waals surface area contributed by atoms with Crippen molar-refractivity contribution in [3.8, 4) is 0 Å². The van der Waals surface area contributed by atoms with Crippen LogP contribution in [0.25, 0.3) is 0 Å². The number of nitrogens with two attached hydrogens (primary N) is 1. The first-order valence-corrected chi connectivity index (χ1v) is 5.00. The van der Waals surface area contributed by atoms with Crippen molar-refractivity contribution in [3.63, 3.8) is 0 Å². The summed E-state index contributed by atoms with van der Waals surface area (Å²) >= 11 is 5.94. The molecular weight excluding hydrogens is 214 g/mol. The van der Waals surface area contributed by atoms with Gasteiger partial charge in [0.2, 0.25) is 5.91 Å². The molecule has 1 amide bonds. The van der Waals surface area contributed by atoms with Gasteiger partial charge in [-0.15, -0.1) is 0 Å². The van der Waals surface area contributed by atoms with E-state index in [1.807, 2.05) is 0 Å². The average molecular weight is 228 g/mol. The quantitative estimate of drug-likeness (QED) is 0.683. The summed E-state index contributed by atoms with van der Waals surface area (Å²) in [5, 5.41) is 6.16. The van der Waals surface area contributed by atoms with Gasteiger partial charge < -0.3 is 16.4 Å². The second-order valence-corrected chi connectivity index (χ2v) is 3.50. The van der Waals surface area contributed by atoms with Crippen molar-refractivity contribution >= 4 is 28.9 Å². The van der Waals surface area contributed by atoms with E-state index in [2.05, 4.69) is 10.6 Å². The summed E-state index contributed by atoms with van der Waals surface area (Å²) in [5.41, 5.74) is 6.96. The molecule has 0 fully saturated rings. The smallest absolute Gasteiger partial charge is 0.221 e. The molecule has 1 rings (SSSR count). The van der Waals surface area contributed by atoms with E-state index >= 15 is 0 Å². The normalized spacial score (nSPS) is 9.73. The minimum absolute atomic E-state index is 0.00549. The Kier molecular flexibility index (Phi) is 4.24. The van der Waals surface area contributed by atoms with E-state index in [4.69, 9.17) is 17.3 Å². The molecule has 0 spiro atoms. The van der Waals surface area contributed by atoms with E-state index < -0.39 is 0 Å². The first-order chi connectivity index (χ1) is 7.13. The molecule has 0 atom stereocenters. The van der Waals surface area contributed by atoms with Gasteiger partial charge in [0.1, 0.15) is 0 Å². The second-order valence-electron chi connectivity index (χ2n) is 3.09. The summed E-state index contributed by atoms with van der Waals surface area (Å²) in [4.78, 5) is 10.9. The number of nitrogen functional groups attached to an aromatic ring is 1. The van der Waals surface area contributed by atoms with Crippen molar-refractivity contribution in [3.05, 3.63) is 23.2 Å². The van der Waals surface area contributed by atoms with Crippen molar-refractivity contribution in [1.29, 1.82) is 0 Å².